The van der Waals surface area contributed by atoms with Crippen molar-refractivity contribution in [1.29, 1.82) is 0 Å². The number of anilines is 1. The summed E-state index contributed by atoms with van der Waals surface area (Å²) in [5.41, 5.74) is 0.357. The molecular formula is C15H23N5O2. The summed E-state index contributed by atoms with van der Waals surface area (Å²) < 4.78 is 6.05. The van der Waals surface area contributed by atoms with Crippen molar-refractivity contribution >= 4 is 11.9 Å². The van der Waals surface area contributed by atoms with Crippen LogP contribution in [0.5, 0.6) is 0 Å². The maximum Gasteiger partial charge on any atom is 0.257 e. The molecule has 1 aromatic heterocycles. The third-order valence-electron chi connectivity index (χ3n) is 4.56. The Morgan fingerprint density at radius 2 is 1.95 bits per heavy atom. The normalized spacial score (nSPS) is 21.8. The first-order chi connectivity index (χ1) is 10.6. The van der Waals surface area contributed by atoms with Crippen LogP contribution in [-0.4, -0.2) is 78.2 Å². The topological polar surface area (TPSA) is 70.6 Å². The predicted octanol–water partition coefficient (Wildman–Crippen LogP) is 0.455. The average molecular weight is 305 g/mol. The summed E-state index contributed by atoms with van der Waals surface area (Å²) >= 11 is 0. The Bertz CT molecular complexity index is 525. The van der Waals surface area contributed by atoms with Gasteiger partial charge in [-0.15, -0.1) is 0 Å². The highest BCUT2D eigenvalue weighted by Gasteiger charge is 2.40. The van der Waals surface area contributed by atoms with E-state index in [1.165, 1.54) is 0 Å². The van der Waals surface area contributed by atoms with E-state index in [-0.39, 0.29) is 11.5 Å². The number of ether oxygens (including phenoxy) is 1. The molecule has 2 fully saturated rings. The van der Waals surface area contributed by atoms with Crippen molar-refractivity contribution in [3.8, 4) is 0 Å². The zero-order valence-electron chi connectivity index (χ0n) is 13.2. The summed E-state index contributed by atoms with van der Waals surface area (Å²) in [7, 11) is 3.88. The minimum Gasteiger partial charge on any atom is -0.371 e. The van der Waals surface area contributed by atoms with E-state index in [1.807, 2.05) is 4.90 Å². The van der Waals surface area contributed by atoms with Crippen LogP contribution in [0.3, 0.4) is 0 Å². The Kier molecular flexibility index (Phi) is 4.26. The molecule has 120 valence electrons. The number of nitrogens with one attached hydrogen (secondary N) is 1. The Morgan fingerprint density at radius 3 is 2.59 bits per heavy atom. The molecule has 1 N–H and O–H groups in total. The highest BCUT2D eigenvalue weighted by atomic mass is 16.5. The highest BCUT2D eigenvalue weighted by molar-refractivity contribution is 5.93. The fourth-order valence-electron chi connectivity index (χ4n) is 3.10. The summed E-state index contributed by atoms with van der Waals surface area (Å²) in [5.74, 6) is 0.509. The minimum absolute atomic E-state index is 0.00995. The van der Waals surface area contributed by atoms with Gasteiger partial charge in [-0.05, 0) is 19.9 Å². The monoisotopic (exact) mass is 305 g/mol. The molecule has 0 aliphatic carbocycles. The molecule has 0 saturated carbocycles. The van der Waals surface area contributed by atoms with Gasteiger partial charge in [-0.3, -0.25) is 4.79 Å². The first kappa shape index (κ1) is 15.2. The number of amides is 1. The van der Waals surface area contributed by atoms with E-state index in [9.17, 15) is 4.79 Å². The Hall–Kier alpha value is -1.73. The van der Waals surface area contributed by atoms with E-state index < -0.39 is 0 Å². The van der Waals surface area contributed by atoms with Gasteiger partial charge >= 0.3 is 0 Å². The molecule has 0 bridgehead atoms. The lowest BCUT2D eigenvalue weighted by Crippen LogP contribution is -2.57. The molecule has 1 aromatic rings. The van der Waals surface area contributed by atoms with Crippen molar-refractivity contribution in [2.45, 2.75) is 18.4 Å². The first-order valence-electron chi connectivity index (χ1n) is 7.73. The van der Waals surface area contributed by atoms with Gasteiger partial charge < -0.3 is 19.9 Å². The van der Waals surface area contributed by atoms with Crippen molar-refractivity contribution < 1.29 is 9.53 Å². The number of aromatic nitrogens is 2. The number of nitrogens with zero attached hydrogens (tertiary/aromatic N) is 4. The zero-order valence-corrected chi connectivity index (χ0v) is 13.2. The number of carbonyl (C=O) groups excluding carboxylic acids is 1. The molecule has 0 radical (unpaired) electrons. The van der Waals surface area contributed by atoms with Gasteiger partial charge in [0.1, 0.15) is 0 Å². The lowest BCUT2D eigenvalue weighted by molar-refractivity contribution is -0.125. The van der Waals surface area contributed by atoms with E-state index in [0.717, 1.165) is 25.9 Å². The minimum atomic E-state index is -0.174. The van der Waals surface area contributed by atoms with Gasteiger partial charge in [0.05, 0.1) is 24.3 Å². The van der Waals surface area contributed by atoms with Gasteiger partial charge in [-0.1, -0.05) is 0 Å². The smallest absolute Gasteiger partial charge is 0.257 e. The Balaban J connectivity index is 1.69. The molecule has 2 saturated heterocycles. The molecule has 1 amide bonds. The molecule has 0 aromatic carbocycles. The summed E-state index contributed by atoms with van der Waals surface area (Å²) in [6.07, 6.45) is 5.11. The Morgan fingerprint density at radius 1 is 1.27 bits per heavy atom. The summed E-state index contributed by atoms with van der Waals surface area (Å²) in [5, 5.41) is 2.85. The molecule has 2 aliphatic heterocycles. The second-order valence-corrected chi connectivity index (χ2v) is 6.11. The number of hydrogen-bond acceptors (Lipinski definition) is 6. The van der Waals surface area contributed by atoms with Crippen LogP contribution in [-0.2, 0) is 4.74 Å². The van der Waals surface area contributed by atoms with Crippen molar-refractivity contribution in [2.24, 2.45) is 0 Å². The molecule has 2 aliphatic rings. The van der Waals surface area contributed by atoms with Crippen LogP contribution in [0.4, 0.5) is 5.95 Å². The van der Waals surface area contributed by atoms with Crippen LogP contribution >= 0.6 is 0 Å². The molecular weight excluding hydrogens is 282 g/mol. The molecule has 3 rings (SSSR count). The summed E-state index contributed by atoms with van der Waals surface area (Å²) in [4.78, 5) is 25.1. The van der Waals surface area contributed by atoms with Crippen LogP contribution in [0.2, 0.25) is 0 Å². The molecule has 0 atom stereocenters. The highest BCUT2D eigenvalue weighted by Crippen LogP contribution is 2.30. The molecule has 3 heterocycles. The van der Waals surface area contributed by atoms with Crippen LogP contribution in [0.15, 0.2) is 12.4 Å². The number of hydrogen-bond donors (Lipinski definition) is 1. The average Bonchev–Trinajstić information content (AvgIpc) is 2.57. The number of rotatable bonds is 2. The zero-order chi connectivity index (χ0) is 15.6. The maximum absolute atomic E-state index is 12.6. The second kappa shape index (κ2) is 6.18. The number of likely N-dealkylation sites (tertiary alicyclic amines) is 1. The molecule has 22 heavy (non-hydrogen) atoms. The molecule has 7 heteroatoms. The van der Waals surface area contributed by atoms with Crippen LogP contribution in [0, 0.1) is 0 Å². The summed E-state index contributed by atoms with van der Waals surface area (Å²) in [6.45, 7) is 3.92. The fourth-order valence-corrected chi connectivity index (χ4v) is 3.10. The van der Waals surface area contributed by atoms with Gasteiger partial charge in [0, 0.05) is 39.1 Å². The fraction of sp³-hybridized carbons (Fsp3) is 0.667. The quantitative estimate of drug-likeness (QED) is 0.856. The van der Waals surface area contributed by atoms with Gasteiger partial charge in [0.25, 0.3) is 5.91 Å². The number of piperidine rings is 1. The lowest BCUT2D eigenvalue weighted by Gasteiger charge is -2.46. The van der Waals surface area contributed by atoms with Gasteiger partial charge in [-0.25, -0.2) is 9.97 Å². The van der Waals surface area contributed by atoms with Crippen LogP contribution in [0.1, 0.15) is 23.2 Å². The van der Waals surface area contributed by atoms with E-state index in [0.29, 0.717) is 31.2 Å². The van der Waals surface area contributed by atoms with Gasteiger partial charge in [0.15, 0.2) is 0 Å². The standard InChI is InChI=1S/C15H23N5O2/c1-16-14-17-9-12(10-18-14)13(21)20-7-8-22-15(11-20)3-5-19(2)6-4-15/h9-10H,3-8,11H2,1-2H3,(H,16,17,18). The van der Waals surface area contributed by atoms with E-state index in [4.69, 9.17) is 4.74 Å². The van der Waals surface area contributed by atoms with Crippen molar-refractivity contribution in [1.82, 2.24) is 19.8 Å². The van der Waals surface area contributed by atoms with Gasteiger partial charge in [-0.2, -0.15) is 0 Å². The maximum atomic E-state index is 12.6. The number of morpholine rings is 1. The predicted molar refractivity (Wildman–Crippen MR) is 82.9 cm³/mol. The largest absolute Gasteiger partial charge is 0.371 e. The lowest BCUT2D eigenvalue weighted by atomic mass is 9.89. The van der Waals surface area contributed by atoms with Gasteiger partial charge in [0.2, 0.25) is 5.95 Å². The van der Waals surface area contributed by atoms with E-state index in [2.05, 4.69) is 27.2 Å². The Labute approximate surface area is 130 Å². The third-order valence-corrected chi connectivity index (χ3v) is 4.56. The first-order valence-corrected chi connectivity index (χ1v) is 7.73. The third kappa shape index (κ3) is 3.05. The molecule has 7 nitrogen and oxygen atoms in total. The van der Waals surface area contributed by atoms with Crippen LogP contribution in [0.25, 0.3) is 0 Å². The van der Waals surface area contributed by atoms with E-state index >= 15 is 0 Å². The van der Waals surface area contributed by atoms with Crippen molar-refractivity contribution in [3.63, 3.8) is 0 Å². The summed E-state index contributed by atoms with van der Waals surface area (Å²) in [6, 6.07) is 0. The van der Waals surface area contributed by atoms with E-state index in [1.54, 1.807) is 19.4 Å². The van der Waals surface area contributed by atoms with Crippen LogP contribution < -0.4 is 5.32 Å². The van der Waals surface area contributed by atoms with Crippen molar-refractivity contribution in [3.05, 3.63) is 18.0 Å². The second-order valence-electron chi connectivity index (χ2n) is 6.11. The molecule has 1 spiro atoms. The molecule has 0 unspecified atom stereocenters. The SMILES string of the molecule is CNc1ncc(C(=O)N2CCOC3(CCN(C)CC3)C2)cn1. The van der Waals surface area contributed by atoms with Crippen molar-refractivity contribution in [2.75, 3.05) is 52.2 Å². The number of carbonyl (C=O) groups is 1.